The fraction of sp³-hybridized carbons (Fsp3) is 1.00. The maximum Gasteiger partial charge on any atom is 0.0917 e. The second-order valence-electron chi connectivity index (χ2n) is 4.75. The van der Waals surface area contributed by atoms with Crippen LogP contribution in [0.25, 0.3) is 0 Å². The van der Waals surface area contributed by atoms with Gasteiger partial charge in [-0.25, -0.2) is 0 Å². The van der Waals surface area contributed by atoms with Gasteiger partial charge in [0.15, 0.2) is 0 Å². The van der Waals surface area contributed by atoms with Crippen LogP contribution in [0.15, 0.2) is 0 Å². The SMILES string of the molecule is CN1CCN(C)[C@H]2[C@H]1N(C)CCN2C. The van der Waals surface area contributed by atoms with Crippen molar-refractivity contribution in [2.75, 3.05) is 54.4 Å². The van der Waals surface area contributed by atoms with Crippen molar-refractivity contribution in [3.8, 4) is 0 Å². The van der Waals surface area contributed by atoms with Crippen molar-refractivity contribution in [3.63, 3.8) is 0 Å². The van der Waals surface area contributed by atoms with E-state index in [1.165, 1.54) is 26.2 Å². The molecule has 14 heavy (non-hydrogen) atoms. The molecule has 0 aromatic rings. The molecular weight excluding hydrogens is 176 g/mol. The first kappa shape index (κ1) is 10.4. The van der Waals surface area contributed by atoms with Gasteiger partial charge in [0.05, 0.1) is 12.3 Å². The zero-order valence-corrected chi connectivity index (χ0v) is 9.77. The third kappa shape index (κ3) is 1.56. The predicted octanol–water partition coefficient (Wildman–Crippen LogP) is -0.607. The molecule has 0 aromatic carbocycles. The van der Waals surface area contributed by atoms with Crippen LogP contribution in [0.5, 0.6) is 0 Å². The van der Waals surface area contributed by atoms with Gasteiger partial charge in [-0.05, 0) is 28.2 Å². The lowest BCUT2D eigenvalue weighted by molar-refractivity contribution is -0.120. The summed E-state index contributed by atoms with van der Waals surface area (Å²) in [7, 11) is 8.95. The Morgan fingerprint density at radius 2 is 0.786 bits per heavy atom. The van der Waals surface area contributed by atoms with Gasteiger partial charge in [-0.15, -0.1) is 0 Å². The monoisotopic (exact) mass is 198 g/mol. The highest BCUT2D eigenvalue weighted by molar-refractivity contribution is 4.90. The van der Waals surface area contributed by atoms with Crippen molar-refractivity contribution >= 4 is 0 Å². The van der Waals surface area contributed by atoms with Crippen molar-refractivity contribution in [2.45, 2.75) is 12.3 Å². The number of piperazine rings is 2. The molecule has 0 bridgehead atoms. The Morgan fingerprint density at radius 1 is 0.571 bits per heavy atom. The molecule has 2 rings (SSSR count). The molecule has 2 aliphatic heterocycles. The van der Waals surface area contributed by atoms with E-state index in [-0.39, 0.29) is 0 Å². The van der Waals surface area contributed by atoms with Crippen LogP contribution < -0.4 is 0 Å². The summed E-state index contributed by atoms with van der Waals surface area (Å²) in [5, 5.41) is 0. The molecule has 0 unspecified atom stereocenters. The highest BCUT2D eigenvalue weighted by atomic mass is 15.5. The number of nitrogens with zero attached hydrogens (tertiary/aromatic N) is 4. The van der Waals surface area contributed by atoms with Crippen LogP contribution in [0.4, 0.5) is 0 Å². The first-order valence-corrected chi connectivity index (χ1v) is 5.42. The Balaban J connectivity index is 2.19. The minimum atomic E-state index is 0.562. The van der Waals surface area contributed by atoms with Gasteiger partial charge in [0.2, 0.25) is 0 Å². The summed E-state index contributed by atoms with van der Waals surface area (Å²) in [4.78, 5) is 9.89. The summed E-state index contributed by atoms with van der Waals surface area (Å²) in [5.74, 6) is 0. The van der Waals surface area contributed by atoms with Gasteiger partial charge in [0.25, 0.3) is 0 Å². The third-order valence-corrected chi connectivity index (χ3v) is 3.68. The third-order valence-electron chi connectivity index (χ3n) is 3.68. The number of fused-ring (bicyclic) bond motifs is 1. The topological polar surface area (TPSA) is 13.0 Å². The summed E-state index contributed by atoms with van der Waals surface area (Å²) in [5.41, 5.74) is 0. The maximum absolute atomic E-state index is 2.47. The van der Waals surface area contributed by atoms with Gasteiger partial charge in [-0.1, -0.05) is 0 Å². The van der Waals surface area contributed by atoms with Crippen LogP contribution in [0.1, 0.15) is 0 Å². The fourth-order valence-corrected chi connectivity index (χ4v) is 2.74. The van der Waals surface area contributed by atoms with Crippen LogP contribution in [0.3, 0.4) is 0 Å². The van der Waals surface area contributed by atoms with E-state index in [2.05, 4.69) is 47.8 Å². The standard InChI is InChI=1S/C10H22N4/c1-11-5-6-13(3)10-9(11)12(2)7-8-14(10)4/h9-10H,5-8H2,1-4H3/t9-,10-. The summed E-state index contributed by atoms with van der Waals surface area (Å²) in [6, 6.07) is 0. The maximum atomic E-state index is 2.47. The van der Waals surface area contributed by atoms with Gasteiger partial charge >= 0.3 is 0 Å². The van der Waals surface area contributed by atoms with Crippen molar-refractivity contribution in [1.29, 1.82) is 0 Å². The largest absolute Gasteiger partial charge is 0.287 e. The van der Waals surface area contributed by atoms with Gasteiger partial charge < -0.3 is 0 Å². The number of hydrogen-bond donors (Lipinski definition) is 0. The van der Waals surface area contributed by atoms with E-state index in [1.54, 1.807) is 0 Å². The van der Waals surface area contributed by atoms with Crippen molar-refractivity contribution < 1.29 is 0 Å². The summed E-state index contributed by atoms with van der Waals surface area (Å²) in [6.07, 6.45) is 1.12. The lowest BCUT2D eigenvalue weighted by atomic mass is 10.1. The molecule has 0 aliphatic carbocycles. The Morgan fingerprint density at radius 3 is 1.00 bits per heavy atom. The highest BCUT2D eigenvalue weighted by Crippen LogP contribution is 2.22. The second-order valence-corrected chi connectivity index (χ2v) is 4.75. The average molecular weight is 198 g/mol. The molecule has 2 aliphatic rings. The van der Waals surface area contributed by atoms with Gasteiger partial charge in [0.1, 0.15) is 0 Å². The summed E-state index contributed by atoms with van der Waals surface area (Å²) in [6.45, 7) is 4.71. The number of likely N-dealkylation sites (N-methyl/N-ethyl adjacent to an activating group) is 4. The fourth-order valence-electron chi connectivity index (χ4n) is 2.74. The Labute approximate surface area is 87.1 Å². The molecule has 0 radical (unpaired) electrons. The molecule has 4 nitrogen and oxygen atoms in total. The van der Waals surface area contributed by atoms with Gasteiger partial charge in [-0.3, -0.25) is 19.6 Å². The zero-order chi connectivity index (χ0) is 10.3. The Bertz CT molecular complexity index is 166. The molecule has 0 atom stereocenters. The van der Waals surface area contributed by atoms with Crippen LogP contribution >= 0.6 is 0 Å². The Hall–Kier alpha value is -0.160. The molecule has 2 heterocycles. The second kappa shape index (κ2) is 3.77. The van der Waals surface area contributed by atoms with Crippen LogP contribution in [-0.2, 0) is 0 Å². The molecule has 4 heteroatoms. The number of rotatable bonds is 0. The normalized spacial score (nSPS) is 38.6. The van der Waals surface area contributed by atoms with E-state index in [0.29, 0.717) is 12.3 Å². The van der Waals surface area contributed by atoms with E-state index >= 15 is 0 Å². The quantitative estimate of drug-likeness (QED) is 0.515. The van der Waals surface area contributed by atoms with Gasteiger partial charge in [-0.2, -0.15) is 0 Å². The Kier molecular flexibility index (Phi) is 2.79. The zero-order valence-electron chi connectivity index (χ0n) is 9.77. The molecule has 0 aromatic heterocycles. The number of hydrogen-bond acceptors (Lipinski definition) is 4. The van der Waals surface area contributed by atoms with Crippen LogP contribution in [-0.4, -0.2) is 86.3 Å². The summed E-state index contributed by atoms with van der Waals surface area (Å²) >= 11 is 0. The van der Waals surface area contributed by atoms with E-state index in [1.807, 2.05) is 0 Å². The smallest absolute Gasteiger partial charge is 0.0917 e. The molecule has 2 saturated heterocycles. The molecule has 0 saturated carbocycles. The van der Waals surface area contributed by atoms with E-state index in [0.717, 1.165) is 0 Å². The first-order chi connectivity index (χ1) is 6.61. The van der Waals surface area contributed by atoms with E-state index in [4.69, 9.17) is 0 Å². The molecule has 0 spiro atoms. The average Bonchev–Trinajstić information content (AvgIpc) is 2.16. The van der Waals surface area contributed by atoms with Crippen molar-refractivity contribution in [1.82, 2.24) is 19.6 Å². The van der Waals surface area contributed by atoms with Crippen molar-refractivity contribution in [3.05, 3.63) is 0 Å². The van der Waals surface area contributed by atoms with Crippen LogP contribution in [0, 0.1) is 0 Å². The highest BCUT2D eigenvalue weighted by Gasteiger charge is 2.40. The molecular formula is C10H22N4. The predicted molar refractivity (Wildman–Crippen MR) is 58.1 cm³/mol. The first-order valence-electron chi connectivity index (χ1n) is 5.42. The minimum absolute atomic E-state index is 0.562. The van der Waals surface area contributed by atoms with E-state index in [9.17, 15) is 0 Å². The lowest BCUT2D eigenvalue weighted by Crippen LogP contribution is -2.71. The summed E-state index contributed by atoms with van der Waals surface area (Å²) < 4.78 is 0. The molecule has 82 valence electrons. The van der Waals surface area contributed by atoms with Crippen LogP contribution in [0.2, 0.25) is 0 Å². The van der Waals surface area contributed by atoms with Gasteiger partial charge in [0, 0.05) is 26.2 Å². The molecule has 0 amide bonds. The molecule has 2 fully saturated rings. The van der Waals surface area contributed by atoms with Crippen molar-refractivity contribution in [2.24, 2.45) is 0 Å². The van der Waals surface area contributed by atoms with E-state index < -0.39 is 0 Å². The lowest BCUT2D eigenvalue weighted by Gasteiger charge is -2.54. The molecule has 0 N–H and O–H groups in total. The minimum Gasteiger partial charge on any atom is -0.287 e.